The first-order chi connectivity index (χ1) is 21.1. The third-order valence-electron chi connectivity index (χ3n) is 8.54. The molecule has 0 aromatic carbocycles. The Morgan fingerprint density at radius 1 is 0.558 bits per heavy atom. The standard InChI is InChI=1S/C38H73NO4/c1-3-5-7-9-11-13-15-16-17-18-19-20-21-23-24-26-28-30-32-36(41)35(34-40)39-38(43)37(42)33-31-29-27-25-22-14-12-10-8-6-4-2/h23-24,30,32,35-37,40-42H,3-22,25-29,31,33-34H2,1-2H3,(H,39,43)/b24-23+,32-30+. The number of allylic oxidation sites excluding steroid dienone is 3. The molecule has 0 radical (unpaired) electrons. The van der Waals surface area contributed by atoms with Gasteiger partial charge in [0.25, 0.3) is 0 Å². The van der Waals surface area contributed by atoms with Gasteiger partial charge >= 0.3 is 0 Å². The lowest BCUT2D eigenvalue weighted by Gasteiger charge is -2.21. The van der Waals surface area contributed by atoms with Gasteiger partial charge in [-0.2, -0.15) is 0 Å². The zero-order valence-corrected chi connectivity index (χ0v) is 28.6. The van der Waals surface area contributed by atoms with Crippen LogP contribution in [0.5, 0.6) is 0 Å². The number of amides is 1. The van der Waals surface area contributed by atoms with Gasteiger partial charge in [0.1, 0.15) is 6.10 Å². The predicted molar refractivity (Wildman–Crippen MR) is 185 cm³/mol. The van der Waals surface area contributed by atoms with Gasteiger partial charge in [0.2, 0.25) is 5.91 Å². The van der Waals surface area contributed by atoms with E-state index in [1.165, 1.54) is 128 Å². The van der Waals surface area contributed by atoms with Crippen molar-refractivity contribution < 1.29 is 20.1 Å². The highest BCUT2D eigenvalue weighted by atomic mass is 16.3. The zero-order chi connectivity index (χ0) is 31.6. The molecule has 0 bridgehead atoms. The number of rotatable bonds is 33. The molecule has 0 saturated heterocycles. The highest BCUT2D eigenvalue weighted by molar-refractivity contribution is 5.80. The lowest BCUT2D eigenvalue weighted by Crippen LogP contribution is -2.48. The minimum atomic E-state index is -1.10. The van der Waals surface area contributed by atoms with E-state index in [0.717, 1.165) is 38.5 Å². The van der Waals surface area contributed by atoms with E-state index >= 15 is 0 Å². The van der Waals surface area contributed by atoms with Crippen LogP contribution in [0.2, 0.25) is 0 Å². The second-order valence-corrected chi connectivity index (χ2v) is 12.8. The third-order valence-corrected chi connectivity index (χ3v) is 8.54. The molecule has 0 aliphatic carbocycles. The van der Waals surface area contributed by atoms with Crippen molar-refractivity contribution in [3.8, 4) is 0 Å². The Kier molecular flexibility index (Phi) is 32.8. The van der Waals surface area contributed by atoms with Gasteiger partial charge in [-0.25, -0.2) is 0 Å². The predicted octanol–water partition coefficient (Wildman–Crippen LogP) is 9.87. The normalized spacial score (nSPS) is 14.1. The quantitative estimate of drug-likeness (QED) is 0.0441. The number of carbonyl (C=O) groups is 1. The fourth-order valence-corrected chi connectivity index (χ4v) is 5.55. The lowest BCUT2D eigenvalue weighted by atomic mass is 10.0. The monoisotopic (exact) mass is 608 g/mol. The van der Waals surface area contributed by atoms with Gasteiger partial charge in [-0.05, 0) is 32.1 Å². The summed E-state index contributed by atoms with van der Waals surface area (Å²) in [5, 5.41) is 32.9. The molecule has 43 heavy (non-hydrogen) atoms. The Morgan fingerprint density at radius 2 is 0.953 bits per heavy atom. The Labute approximate surface area is 267 Å². The average Bonchev–Trinajstić information content (AvgIpc) is 3.01. The van der Waals surface area contributed by atoms with Crippen LogP contribution in [-0.4, -0.2) is 46.1 Å². The molecule has 0 fully saturated rings. The van der Waals surface area contributed by atoms with E-state index in [2.05, 4.69) is 31.3 Å². The maximum absolute atomic E-state index is 12.4. The molecule has 254 valence electrons. The summed E-state index contributed by atoms with van der Waals surface area (Å²) in [6.45, 7) is 4.14. The number of hydrogen-bond acceptors (Lipinski definition) is 4. The first kappa shape index (κ1) is 41.8. The van der Waals surface area contributed by atoms with Crippen LogP contribution >= 0.6 is 0 Å². The molecule has 0 heterocycles. The maximum atomic E-state index is 12.4. The minimum absolute atomic E-state index is 0.374. The molecule has 0 aromatic heterocycles. The van der Waals surface area contributed by atoms with E-state index in [1.54, 1.807) is 6.08 Å². The van der Waals surface area contributed by atoms with E-state index < -0.39 is 24.2 Å². The van der Waals surface area contributed by atoms with E-state index in [9.17, 15) is 20.1 Å². The highest BCUT2D eigenvalue weighted by Crippen LogP contribution is 2.14. The number of unbranched alkanes of at least 4 members (excludes halogenated alkanes) is 23. The van der Waals surface area contributed by atoms with Crippen LogP contribution in [0.4, 0.5) is 0 Å². The summed E-state index contributed by atoms with van der Waals surface area (Å²) in [5.74, 6) is -0.515. The number of carbonyl (C=O) groups excluding carboxylic acids is 1. The van der Waals surface area contributed by atoms with Crippen LogP contribution in [0.15, 0.2) is 24.3 Å². The second kappa shape index (κ2) is 33.7. The molecule has 1 amide bonds. The number of aliphatic hydroxyl groups is 3. The molecule has 0 spiro atoms. The Balaban J connectivity index is 3.77. The smallest absolute Gasteiger partial charge is 0.249 e. The molecule has 5 heteroatoms. The average molecular weight is 608 g/mol. The van der Waals surface area contributed by atoms with Crippen molar-refractivity contribution in [2.75, 3.05) is 6.61 Å². The van der Waals surface area contributed by atoms with Crippen molar-refractivity contribution in [1.82, 2.24) is 5.32 Å². The van der Waals surface area contributed by atoms with Crippen LogP contribution in [0.25, 0.3) is 0 Å². The van der Waals surface area contributed by atoms with Gasteiger partial charge in [0.05, 0.1) is 18.8 Å². The summed E-state index contributed by atoms with van der Waals surface area (Å²) < 4.78 is 0. The maximum Gasteiger partial charge on any atom is 0.249 e. The van der Waals surface area contributed by atoms with Crippen molar-refractivity contribution in [2.24, 2.45) is 0 Å². The van der Waals surface area contributed by atoms with Crippen LogP contribution < -0.4 is 5.32 Å². The Morgan fingerprint density at radius 3 is 1.42 bits per heavy atom. The van der Waals surface area contributed by atoms with Crippen LogP contribution in [0, 0.1) is 0 Å². The Hall–Kier alpha value is -1.17. The van der Waals surface area contributed by atoms with Gasteiger partial charge in [0, 0.05) is 0 Å². The summed E-state index contributed by atoms with van der Waals surface area (Å²) in [6, 6.07) is -0.808. The van der Waals surface area contributed by atoms with E-state index in [-0.39, 0.29) is 6.61 Å². The van der Waals surface area contributed by atoms with Crippen molar-refractivity contribution in [3.05, 3.63) is 24.3 Å². The van der Waals surface area contributed by atoms with Crippen LogP contribution in [0.1, 0.15) is 187 Å². The molecule has 0 aliphatic heterocycles. The van der Waals surface area contributed by atoms with E-state index in [0.29, 0.717) is 6.42 Å². The molecule has 0 rings (SSSR count). The molecule has 5 nitrogen and oxygen atoms in total. The van der Waals surface area contributed by atoms with Gasteiger partial charge in [-0.15, -0.1) is 0 Å². The van der Waals surface area contributed by atoms with Crippen molar-refractivity contribution in [3.63, 3.8) is 0 Å². The molecule has 0 saturated carbocycles. The summed E-state index contributed by atoms with van der Waals surface area (Å²) >= 11 is 0. The van der Waals surface area contributed by atoms with E-state index in [4.69, 9.17) is 0 Å². The van der Waals surface area contributed by atoms with Crippen molar-refractivity contribution >= 4 is 5.91 Å². The summed E-state index contributed by atoms with van der Waals surface area (Å²) in [4.78, 5) is 12.4. The minimum Gasteiger partial charge on any atom is -0.394 e. The topological polar surface area (TPSA) is 89.8 Å². The fourth-order valence-electron chi connectivity index (χ4n) is 5.55. The molecule has 3 atom stereocenters. The molecular formula is C38H73NO4. The zero-order valence-electron chi connectivity index (χ0n) is 28.6. The largest absolute Gasteiger partial charge is 0.394 e. The van der Waals surface area contributed by atoms with Crippen molar-refractivity contribution in [2.45, 2.75) is 205 Å². The Bertz CT molecular complexity index is 635. The summed E-state index contributed by atoms with van der Waals surface area (Å²) in [5.41, 5.74) is 0. The molecule has 4 N–H and O–H groups in total. The summed E-state index contributed by atoms with van der Waals surface area (Å²) in [6.07, 6.45) is 39.1. The van der Waals surface area contributed by atoms with Crippen LogP contribution in [0.3, 0.4) is 0 Å². The van der Waals surface area contributed by atoms with E-state index in [1.807, 2.05) is 6.08 Å². The SMILES string of the molecule is CCCCCCCCCCCCCC/C=C/CC/C=C/C(O)C(CO)NC(=O)C(O)CCCCCCCCCCCCC. The lowest BCUT2D eigenvalue weighted by molar-refractivity contribution is -0.131. The van der Waals surface area contributed by atoms with Gasteiger partial charge in [-0.1, -0.05) is 179 Å². The van der Waals surface area contributed by atoms with Crippen molar-refractivity contribution in [1.29, 1.82) is 0 Å². The van der Waals surface area contributed by atoms with Gasteiger partial charge in [0.15, 0.2) is 0 Å². The molecule has 0 aromatic rings. The third kappa shape index (κ3) is 29.3. The van der Waals surface area contributed by atoms with Gasteiger partial charge in [-0.3, -0.25) is 4.79 Å². The second-order valence-electron chi connectivity index (χ2n) is 12.8. The number of aliphatic hydroxyl groups excluding tert-OH is 3. The number of hydrogen-bond donors (Lipinski definition) is 4. The molecule has 3 unspecified atom stereocenters. The first-order valence-corrected chi connectivity index (χ1v) is 18.7. The first-order valence-electron chi connectivity index (χ1n) is 18.7. The fraction of sp³-hybridized carbons (Fsp3) is 0.868. The van der Waals surface area contributed by atoms with Gasteiger partial charge < -0.3 is 20.6 Å². The summed E-state index contributed by atoms with van der Waals surface area (Å²) in [7, 11) is 0. The van der Waals surface area contributed by atoms with Crippen LogP contribution in [-0.2, 0) is 4.79 Å². The molecule has 0 aliphatic rings. The number of nitrogens with one attached hydrogen (secondary N) is 1. The molecular weight excluding hydrogens is 534 g/mol. The highest BCUT2D eigenvalue weighted by Gasteiger charge is 2.22.